The van der Waals surface area contributed by atoms with Gasteiger partial charge in [-0.05, 0) is 19.1 Å². The van der Waals surface area contributed by atoms with Gasteiger partial charge in [-0.15, -0.1) is 0 Å². The van der Waals surface area contributed by atoms with Crippen LogP contribution in [0.2, 0.25) is 19.1 Å². The largest absolute Gasteiger partial charge is 0.460 e. The molecule has 0 radical (unpaired) electrons. The molecule has 31 heavy (non-hydrogen) atoms. The lowest BCUT2D eigenvalue weighted by molar-refractivity contribution is -0.452. The topological polar surface area (TPSA) is 29.5 Å². The molecule has 0 aliphatic rings. The minimum atomic E-state index is -8.27. The monoisotopic (exact) mass is 516 g/mol. The molecule has 0 atom stereocenters. The molecule has 0 unspecified atom stereocenters. The van der Waals surface area contributed by atoms with Crippen molar-refractivity contribution in [3.05, 3.63) is 0 Å². The molecule has 0 saturated carbocycles. The van der Waals surface area contributed by atoms with Crippen molar-refractivity contribution in [2.45, 2.75) is 67.3 Å². The molecule has 2 nitrogen and oxygen atoms in total. The molecule has 0 fully saturated rings. The number of hydrogen-bond acceptors (Lipinski definition) is 2. The molecule has 0 saturated heterocycles. The highest BCUT2D eigenvalue weighted by Crippen LogP contribution is 2.62. The van der Waals surface area contributed by atoms with E-state index in [1.807, 2.05) is 0 Å². The fourth-order valence-electron chi connectivity index (χ4n) is 2.01. The molecule has 0 aromatic carbocycles. The molecule has 0 rings (SSSR count). The molecule has 0 aromatic rings. The van der Waals surface area contributed by atoms with Crippen LogP contribution in [0.4, 0.5) is 65.9 Å². The summed E-state index contributed by atoms with van der Waals surface area (Å²) in [5.41, 5.74) is 0. The van der Waals surface area contributed by atoms with E-state index in [9.17, 15) is 65.9 Å². The smallest absolute Gasteiger partial charge is 0.415 e. The predicted molar refractivity (Wildman–Crippen MR) is 75.7 cm³/mol. The zero-order valence-electron chi connectivity index (χ0n) is 15.4. The summed E-state index contributed by atoms with van der Waals surface area (Å²) in [5, 5.41) is 8.52. The second-order valence-electron chi connectivity index (χ2n) is 6.91. The van der Waals surface area contributed by atoms with Gasteiger partial charge in [-0.25, -0.2) is 0 Å². The van der Waals surface area contributed by atoms with Crippen molar-refractivity contribution in [2.75, 3.05) is 13.2 Å². The van der Waals surface area contributed by atoms with Gasteiger partial charge < -0.3 is 9.53 Å². The standard InChI is InChI=1S/C13H15F15O2Si/c1-31(2,30-5-4-29)6-3-7(14,15)8(16,17)9(18,19)10(20,21)11(22,23)12(24,25)13(26,27)28/h29H,3-6H2,1-2H3. The molecule has 0 bridgehead atoms. The lowest BCUT2D eigenvalue weighted by Crippen LogP contribution is -2.72. The summed E-state index contributed by atoms with van der Waals surface area (Å²) in [6.07, 6.45) is -10.0. The van der Waals surface area contributed by atoms with Crippen LogP contribution in [-0.2, 0) is 4.43 Å². The van der Waals surface area contributed by atoms with Crippen molar-refractivity contribution in [2.24, 2.45) is 0 Å². The summed E-state index contributed by atoms with van der Waals surface area (Å²) in [6.45, 7) is 0.854. The molecule has 0 aromatic heterocycles. The lowest BCUT2D eigenvalue weighted by Gasteiger charge is -2.41. The number of alkyl halides is 15. The summed E-state index contributed by atoms with van der Waals surface area (Å²) >= 11 is 0. The number of halogens is 15. The molecular formula is C13H15F15O2Si. The van der Waals surface area contributed by atoms with Crippen LogP contribution in [0.3, 0.4) is 0 Å². The van der Waals surface area contributed by atoms with E-state index in [1.165, 1.54) is 0 Å². The summed E-state index contributed by atoms with van der Waals surface area (Å²) in [5.74, 6) is -46.3. The third kappa shape index (κ3) is 5.04. The Morgan fingerprint density at radius 2 is 0.968 bits per heavy atom. The number of aliphatic hydroxyl groups excluding tert-OH is 1. The first-order chi connectivity index (χ1) is 13.3. The van der Waals surface area contributed by atoms with Crippen molar-refractivity contribution >= 4 is 8.32 Å². The van der Waals surface area contributed by atoms with E-state index in [4.69, 9.17) is 9.53 Å². The van der Waals surface area contributed by atoms with Gasteiger partial charge in [-0.3, -0.25) is 0 Å². The van der Waals surface area contributed by atoms with Crippen molar-refractivity contribution in [1.82, 2.24) is 0 Å². The van der Waals surface area contributed by atoms with Crippen molar-refractivity contribution in [3.63, 3.8) is 0 Å². The van der Waals surface area contributed by atoms with Gasteiger partial charge in [-0.2, -0.15) is 65.9 Å². The fraction of sp³-hybridized carbons (Fsp3) is 1.00. The normalized spacial score (nSPS) is 16.1. The molecule has 0 aliphatic heterocycles. The second kappa shape index (κ2) is 8.46. The zero-order chi connectivity index (χ0) is 25.5. The Hall–Kier alpha value is -0.913. The van der Waals surface area contributed by atoms with Crippen molar-refractivity contribution in [1.29, 1.82) is 0 Å². The molecule has 0 spiro atoms. The summed E-state index contributed by atoms with van der Waals surface area (Å²) in [7, 11) is -3.43. The minimum Gasteiger partial charge on any atom is -0.415 e. The maximum atomic E-state index is 13.7. The van der Waals surface area contributed by atoms with Gasteiger partial charge in [0.15, 0.2) is 8.32 Å². The Balaban J connectivity index is 6.15. The molecular weight excluding hydrogens is 501 g/mol. The Labute approximate surface area is 165 Å². The van der Waals surface area contributed by atoms with E-state index in [-0.39, 0.29) is 0 Å². The molecule has 0 amide bonds. The molecule has 18 heteroatoms. The third-order valence-electron chi connectivity index (χ3n) is 4.02. The van der Waals surface area contributed by atoms with Crippen LogP contribution in [0.15, 0.2) is 0 Å². The van der Waals surface area contributed by atoms with Gasteiger partial charge in [0.2, 0.25) is 0 Å². The molecule has 188 valence electrons. The van der Waals surface area contributed by atoms with Crippen LogP contribution in [0, 0.1) is 0 Å². The van der Waals surface area contributed by atoms with Crippen molar-refractivity contribution in [3.8, 4) is 0 Å². The van der Waals surface area contributed by atoms with Gasteiger partial charge in [0.05, 0.1) is 13.2 Å². The van der Waals surface area contributed by atoms with Gasteiger partial charge in [-0.1, -0.05) is 0 Å². The van der Waals surface area contributed by atoms with Crippen molar-refractivity contribution < 1.29 is 75.4 Å². The van der Waals surface area contributed by atoms with E-state index in [2.05, 4.69) is 0 Å². The van der Waals surface area contributed by atoms with Crippen LogP contribution in [0.1, 0.15) is 6.42 Å². The summed E-state index contributed by atoms with van der Waals surface area (Å²) in [6, 6.07) is -1.20. The van der Waals surface area contributed by atoms with E-state index in [0.29, 0.717) is 0 Å². The predicted octanol–water partition coefficient (Wildman–Crippen LogP) is 5.96. The van der Waals surface area contributed by atoms with Gasteiger partial charge in [0, 0.05) is 6.42 Å². The van der Waals surface area contributed by atoms with E-state index < -0.39 is 75.7 Å². The maximum absolute atomic E-state index is 13.7. The highest BCUT2D eigenvalue weighted by Gasteiger charge is 2.93. The van der Waals surface area contributed by atoms with Crippen LogP contribution in [0.25, 0.3) is 0 Å². The highest BCUT2D eigenvalue weighted by molar-refractivity contribution is 6.71. The average molecular weight is 516 g/mol. The quantitative estimate of drug-likeness (QED) is 0.271. The zero-order valence-corrected chi connectivity index (χ0v) is 16.4. The number of rotatable bonds is 11. The Morgan fingerprint density at radius 1 is 0.613 bits per heavy atom. The summed E-state index contributed by atoms with van der Waals surface area (Å²) < 4.78 is 201. The summed E-state index contributed by atoms with van der Waals surface area (Å²) in [4.78, 5) is 0. The number of hydrogen-bond donors (Lipinski definition) is 1. The second-order valence-corrected chi connectivity index (χ2v) is 11.2. The highest BCUT2D eigenvalue weighted by atomic mass is 28.4. The average Bonchev–Trinajstić information content (AvgIpc) is 2.56. The van der Waals surface area contributed by atoms with Gasteiger partial charge in [0.1, 0.15) is 0 Å². The van der Waals surface area contributed by atoms with Crippen LogP contribution in [-0.4, -0.2) is 68.3 Å². The Kier molecular flexibility index (Phi) is 8.21. The van der Waals surface area contributed by atoms with E-state index in [0.717, 1.165) is 13.1 Å². The number of aliphatic hydroxyl groups is 1. The molecule has 0 aliphatic carbocycles. The van der Waals surface area contributed by atoms with Crippen LogP contribution < -0.4 is 0 Å². The Bertz CT molecular complexity index is 615. The first-order valence-corrected chi connectivity index (χ1v) is 11.0. The fourth-order valence-corrected chi connectivity index (χ4v) is 3.71. The lowest BCUT2D eigenvalue weighted by atomic mass is 9.90. The first-order valence-electron chi connectivity index (χ1n) is 7.85. The van der Waals surface area contributed by atoms with E-state index in [1.54, 1.807) is 0 Å². The van der Waals surface area contributed by atoms with Gasteiger partial charge >= 0.3 is 41.7 Å². The van der Waals surface area contributed by atoms with Gasteiger partial charge in [0.25, 0.3) is 0 Å². The van der Waals surface area contributed by atoms with E-state index >= 15 is 0 Å². The Morgan fingerprint density at radius 3 is 1.32 bits per heavy atom. The minimum absolute atomic E-state index is 0.520. The molecule has 1 N–H and O–H groups in total. The van der Waals surface area contributed by atoms with Crippen LogP contribution in [0.5, 0.6) is 0 Å². The first kappa shape index (κ1) is 30.1. The maximum Gasteiger partial charge on any atom is 0.460 e. The third-order valence-corrected chi connectivity index (χ3v) is 6.46. The van der Waals surface area contributed by atoms with Crippen LogP contribution >= 0.6 is 0 Å². The molecule has 0 heterocycles. The SMILES string of the molecule is C[Si](C)(CCC(F)(F)C(F)(F)C(F)(F)C(F)(F)C(F)(F)C(F)(F)C(F)(F)F)OCCO.